The molecule has 2 atom stereocenters. The van der Waals surface area contributed by atoms with Gasteiger partial charge in [0, 0.05) is 43.8 Å². The minimum Gasteiger partial charge on any atom is -0.378 e. The number of rotatable bonds is 5. The molecule has 1 aromatic carbocycles. The molecule has 0 saturated carbocycles. The number of piperidine rings is 1. The van der Waals surface area contributed by atoms with Gasteiger partial charge >= 0.3 is 0 Å². The molecule has 2 aliphatic rings. The third-order valence-electron chi connectivity index (χ3n) is 5.65. The van der Waals surface area contributed by atoms with Gasteiger partial charge in [0.25, 0.3) is 10.0 Å². The van der Waals surface area contributed by atoms with Crippen LogP contribution in [0.1, 0.15) is 22.8 Å². The molecule has 0 unspecified atom stereocenters. The van der Waals surface area contributed by atoms with Crippen LogP contribution in [0, 0.1) is 5.92 Å². The average Bonchev–Trinajstić information content (AvgIpc) is 3.30. The van der Waals surface area contributed by atoms with Crippen molar-refractivity contribution in [1.82, 2.24) is 14.2 Å². The van der Waals surface area contributed by atoms with E-state index in [-0.39, 0.29) is 29.3 Å². The van der Waals surface area contributed by atoms with Gasteiger partial charge in [-0.25, -0.2) is 13.4 Å². The van der Waals surface area contributed by atoms with Crippen molar-refractivity contribution < 1.29 is 17.9 Å². The molecular weight excluding hydrogens is 424 g/mol. The molecule has 4 rings (SSSR count). The van der Waals surface area contributed by atoms with E-state index in [0.29, 0.717) is 44.1 Å². The maximum Gasteiger partial charge on any atom is 0.270 e. The molecule has 30 heavy (non-hydrogen) atoms. The number of ether oxygens (including phenoxy) is 1. The van der Waals surface area contributed by atoms with Gasteiger partial charge in [0.2, 0.25) is 10.2 Å². The fraction of sp³-hybridized carbons (Fsp3) is 0.500. The van der Waals surface area contributed by atoms with E-state index in [1.54, 1.807) is 4.90 Å². The van der Waals surface area contributed by atoms with Gasteiger partial charge in [-0.3, -0.25) is 4.79 Å². The van der Waals surface area contributed by atoms with Gasteiger partial charge in [-0.1, -0.05) is 30.3 Å². The van der Waals surface area contributed by atoms with Gasteiger partial charge in [-0.2, -0.15) is 4.31 Å². The third kappa shape index (κ3) is 4.42. The van der Waals surface area contributed by atoms with Crippen LogP contribution in [0.15, 0.2) is 40.9 Å². The summed E-state index contributed by atoms with van der Waals surface area (Å²) in [6, 6.07) is 9.80. The summed E-state index contributed by atoms with van der Waals surface area (Å²) in [7, 11) is -3.80. The van der Waals surface area contributed by atoms with Crippen molar-refractivity contribution in [3.05, 3.63) is 47.0 Å². The van der Waals surface area contributed by atoms with Crippen molar-refractivity contribution in [3.8, 4) is 0 Å². The molecule has 0 aliphatic carbocycles. The number of thiazole rings is 1. The summed E-state index contributed by atoms with van der Waals surface area (Å²) >= 11 is 1.09. The van der Waals surface area contributed by atoms with Crippen molar-refractivity contribution in [3.63, 3.8) is 0 Å². The minimum absolute atomic E-state index is 0.000849. The van der Waals surface area contributed by atoms with Gasteiger partial charge in [0.1, 0.15) is 0 Å². The first-order valence-electron chi connectivity index (χ1n) is 10.1. The number of benzene rings is 1. The Hall–Kier alpha value is -1.85. The summed E-state index contributed by atoms with van der Waals surface area (Å²) in [4.78, 5) is 19.8. The Kier molecular flexibility index (Phi) is 6.49. The van der Waals surface area contributed by atoms with Gasteiger partial charge < -0.3 is 15.4 Å². The zero-order valence-corrected chi connectivity index (χ0v) is 18.3. The number of nitrogens with zero attached hydrogens (tertiary/aromatic N) is 3. The fourth-order valence-electron chi connectivity index (χ4n) is 4.06. The summed E-state index contributed by atoms with van der Waals surface area (Å²) in [5.74, 6) is -0.453. The Labute approximate surface area is 180 Å². The number of hydrogen-bond acceptors (Lipinski definition) is 7. The van der Waals surface area contributed by atoms with E-state index in [2.05, 4.69) is 4.98 Å². The Balaban J connectivity index is 1.62. The van der Waals surface area contributed by atoms with E-state index in [1.807, 2.05) is 30.3 Å². The molecule has 0 spiro atoms. The second-order valence-corrected chi connectivity index (χ2v) is 10.8. The van der Waals surface area contributed by atoms with E-state index < -0.39 is 15.9 Å². The number of nitrogens with two attached hydrogens (primary N) is 1. The highest BCUT2D eigenvalue weighted by molar-refractivity contribution is 7.91. The molecule has 0 bridgehead atoms. The first kappa shape index (κ1) is 21.4. The summed E-state index contributed by atoms with van der Waals surface area (Å²) in [5, 5.41) is 0. The second kappa shape index (κ2) is 9.11. The van der Waals surface area contributed by atoms with E-state index in [1.165, 1.54) is 10.5 Å². The van der Waals surface area contributed by atoms with Gasteiger partial charge in [-0.15, -0.1) is 11.3 Å². The van der Waals surface area contributed by atoms with Gasteiger partial charge in [0.15, 0.2) is 0 Å². The largest absolute Gasteiger partial charge is 0.378 e. The standard InChI is InChI=1S/C20H26N4O4S2/c21-11-18-12-22-20(29-18)30(26,27)24-13-16(15-4-2-1-3-5-15)10-17(14-24)19(25)23-6-8-28-9-7-23/h1-5,12,16-17H,6-11,13-14,21H2/t16-,17+/m1/s1. The SMILES string of the molecule is NCc1cnc(S(=O)(=O)N2C[C@@H](C(=O)N3CCOCC3)C[C@@H](c3ccccc3)C2)s1. The number of sulfonamides is 1. The lowest BCUT2D eigenvalue weighted by atomic mass is 9.85. The Morgan fingerprint density at radius 3 is 2.60 bits per heavy atom. The molecule has 10 heteroatoms. The zero-order valence-electron chi connectivity index (χ0n) is 16.6. The molecule has 1 amide bonds. The fourth-order valence-corrected chi connectivity index (χ4v) is 6.79. The number of hydrogen-bond donors (Lipinski definition) is 1. The van der Waals surface area contributed by atoms with Crippen molar-refractivity contribution in [2.24, 2.45) is 11.7 Å². The first-order chi connectivity index (χ1) is 14.5. The van der Waals surface area contributed by atoms with Crippen molar-refractivity contribution >= 4 is 27.3 Å². The summed E-state index contributed by atoms with van der Waals surface area (Å²) < 4.78 is 33.5. The Morgan fingerprint density at radius 2 is 1.93 bits per heavy atom. The number of aromatic nitrogens is 1. The zero-order chi connectivity index (χ0) is 21.1. The van der Waals surface area contributed by atoms with Crippen LogP contribution in [-0.4, -0.2) is 67.9 Å². The van der Waals surface area contributed by atoms with Crippen LogP contribution < -0.4 is 5.73 Å². The van der Waals surface area contributed by atoms with Crippen LogP contribution in [0.5, 0.6) is 0 Å². The Morgan fingerprint density at radius 1 is 1.20 bits per heavy atom. The number of carbonyl (C=O) groups is 1. The van der Waals surface area contributed by atoms with Crippen molar-refractivity contribution in [1.29, 1.82) is 0 Å². The van der Waals surface area contributed by atoms with Crippen LogP contribution in [0.4, 0.5) is 0 Å². The molecule has 2 N–H and O–H groups in total. The quantitative estimate of drug-likeness (QED) is 0.735. The van der Waals surface area contributed by atoms with Crippen LogP contribution in [0.25, 0.3) is 0 Å². The molecule has 3 heterocycles. The molecule has 162 valence electrons. The molecule has 2 saturated heterocycles. The van der Waals surface area contributed by atoms with Crippen LogP contribution >= 0.6 is 11.3 Å². The molecular formula is C20H26N4O4S2. The minimum atomic E-state index is -3.80. The van der Waals surface area contributed by atoms with E-state index in [0.717, 1.165) is 16.9 Å². The van der Waals surface area contributed by atoms with Crippen LogP contribution in [0.2, 0.25) is 0 Å². The second-order valence-electron chi connectivity index (χ2n) is 7.60. The van der Waals surface area contributed by atoms with Crippen LogP contribution in [0.3, 0.4) is 0 Å². The maximum atomic E-state index is 13.3. The normalized spacial score (nSPS) is 23.4. The summed E-state index contributed by atoms with van der Waals surface area (Å²) in [6.45, 7) is 2.87. The first-order valence-corrected chi connectivity index (χ1v) is 12.3. The molecule has 2 fully saturated rings. The van der Waals surface area contributed by atoms with E-state index >= 15 is 0 Å². The monoisotopic (exact) mass is 450 g/mol. The maximum absolute atomic E-state index is 13.3. The number of carbonyl (C=O) groups excluding carboxylic acids is 1. The lowest BCUT2D eigenvalue weighted by Gasteiger charge is -2.39. The predicted octanol–water partition coefficient (Wildman–Crippen LogP) is 1.26. The topological polar surface area (TPSA) is 106 Å². The predicted molar refractivity (Wildman–Crippen MR) is 113 cm³/mol. The molecule has 2 aromatic rings. The molecule has 0 radical (unpaired) electrons. The molecule has 2 aliphatic heterocycles. The molecule has 8 nitrogen and oxygen atoms in total. The summed E-state index contributed by atoms with van der Waals surface area (Å²) in [6.07, 6.45) is 2.13. The highest BCUT2D eigenvalue weighted by Crippen LogP contribution is 2.35. The average molecular weight is 451 g/mol. The number of amides is 1. The highest BCUT2D eigenvalue weighted by Gasteiger charge is 2.40. The van der Waals surface area contributed by atoms with Crippen molar-refractivity contribution in [2.45, 2.75) is 23.2 Å². The summed E-state index contributed by atoms with van der Waals surface area (Å²) in [5.41, 5.74) is 6.67. The van der Waals surface area contributed by atoms with E-state index in [9.17, 15) is 13.2 Å². The van der Waals surface area contributed by atoms with E-state index in [4.69, 9.17) is 10.5 Å². The lowest BCUT2D eigenvalue weighted by Crippen LogP contribution is -2.51. The highest BCUT2D eigenvalue weighted by atomic mass is 32.2. The number of morpholine rings is 1. The van der Waals surface area contributed by atoms with Gasteiger partial charge in [-0.05, 0) is 17.9 Å². The van der Waals surface area contributed by atoms with Gasteiger partial charge in [0.05, 0.1) is 19.1 Å². The van der Waals surface area contributed by atoms with Crippen LogP contribution in [-0.2, 0) is 26.1 Å². The van der Waals surface area contributed by atoms with Crippen molar-refractivity contribution in [2.75, 3.05) is 39.4 Å². The molecule has 1 aromatic heterocycles. The third-order valence-corrected chi connectivity index (χ3v) is 8.88. The smallest absolute Gasteiger partial charge is 0.270 e. The lowest BCUT2D eigenvalue weighted by molar-refractivity contribution is -0.141. The Bertz CT molecular complexity index is 974.